The first kappa shape index (κ1) is 14.9. The van der Waals surface area contributed by atoms with Gasteiger partial charge in [0.25, 0.3) is 0 Å². The molecule has 0 radical (unpaired) electrons. The van der Waals surface area contributed by atoms with Gasteiger partial charge in [-0.25, -0.2) is 0 Å². The Morgan fingerprint density at radius 1 is 0.600 bits per heavy atom. The minimum absolute atomic E-state index is 1.21. The van der Waals surface area contributed by atoms with Gasteiger partial charge in [0.15, 0.2) is 0 Å². The van der Waals surface area contributed by atoms with Crippen molar-refractivity contribution in [1.29, 1.82) is 0 Å². The van der Waals surface area contributed by atoms with Gasteiger partial charge in [-0.05, 0) is 61.4 Å². The summed E-state index contributed by atoms with van der Waals surface area (Å²) < 4.78 is 0. The summed E-state index contributed by atoms with van der Waals surface area (Å²) in [4.78, 5) is 8.97. The van der Waals surface area contributed by atoms with E-state index in [9.17, 15) is 0 Å². The van der Waals surface area contributed by atoms with Crippen LogP contribution in [0.5, 0.6) is 0 Å². The van der Waals surface area contributed by atoms with Crippen LogP contribution >= 0.6 is 22.7 Å². The molecular formula is C22H17NS2. The average Bonchev–Trinajstić information content (AvgIpc) is 3.31. The molecule has 2 aromatic carbocycles. The summed E-state index contributed by atoms with van der Waals surface area (Å²) in [6.07, 6.45) is 0. The van der Waals surface area contributed by atoms with E-state index in [0.717, 1.165) is 0 Å². The van der Waals surface area contributed by atoms with Crippen LogP contribution in [0, 0.1) is 13.8 Å². The number of hydrogen-bond donors (Lipinski definition) is 1. The molecule has 3 heteroatoms. The Labute approximate surface area is 154 Å². The maximum Gasteiger partial charge on any atom is 0.0471 e. The normalized spacial score (nSPS) is 11.6. The average molecular weight is 360 g/mol. The number of fused-ring (bicyclic) bond motifs is 3. The van der Waals surface area contributed by atoms with Crippen LogP contribution in [0.4, 0.5) is 0 Å². The molecule has 0 aliphatic heterocycles. The quantitative estimate of drug-likeness (QED) is 0.338. The molecule has 5 aromatic rings. The zero-order chi connectivity index (χ0) is 17.0. The highest BCUT2D eigenvalue weighted by molar-refractivity contribution is 7.15. The molecule has 0 aliphatic rings. The molecule has 0 unspecified atom stereocenters. The van der Waals surface area contributed by atoms with Crippen molar-refractivity contribution in [3.8, 4) is 20.9 Å². The molecular weight excluding hydrogens is 342 g/mol. The molecule has 0 spiro atoms. The highest BCUT2D eigenvalue weighted by Gasteiger charge is 2.09. The van der Waals surface area contributed by atoms with Crippen LogP contribution < -0.4 is 0 Å². The Morgan fingerprint density at radius 3 is 1.48 bits per heavy atom. The van der Waals surface area contributed by atoms with Crippen LogP contribution in [-0.2, 0) is 0 Å². The minimum Gasteiger partial charge on any atom is -0.354 e. The fraction of sp³-hybridized carbons (Fsp3) is 0.0909. The van der Waals surface area contributed by atoms with Gasteiger partial charge in [-0.3, -0.25) is 0 Å². The molecule has 3 aromatic heterocycles. The van der Waals surface area contributed by atoms with E-state index in [0.29, 0.717) is 0 Å². The Kier molecular flexibility index (Phi) is 3.34. The van der Waals surface area contributed by atoms with E-state index < -0.39 is 0 Å². The molecule has 0 fully saturated rings. The SMILES string of the molecule is Cc1ccc(-c2ccc3c(c2)[nH]c2cc(-c4ccc(C)s4)ccc23)s1. The fourth-order valence-corrected chi connectivity index (χ4v) is 5.12. The number of aromatic nitrogens is 1. The summed E-state index contributed by atoms with van der Waals surface area (Å²) in [5.74, 6) is 0. The van der Waals surface area contributed by atoms with Crippen LogP contribution in [0.15, 0.2) is 60.7 Å². The Bertz CT molecular complexity index is 1130. The summed E-state index contributed by atoms with van der Waals surface area (Å²) in [6.45, 7) is 4.31. The maximum atomic E-state index is 3.62. The Morgan fingerprint density at radius 2 is 1.08 bits per heavy atom. The lowest BCUT2D eigenvalue weighted by Crippen LogP contribution is -1.73. The van der Waals surface area contributed by atoms with Crippen molar-refractivity contribution < 1.29 is 0 Å². The lowest BCUT2D eigenvalue weighted by Gasteiger charge is -1.99. The monoisotopic (exact) mass is 359 g/mol. The van der Waals surface area contributed by atoms with Gasteiger partial charge in [-0.2, -0.15) is 0 Å². The van der Waals surface area contributed by atoms with Crippen molar-refractivity contribution in [1.82, 2.24) is 4.98 Å². The van der Waals surface area contributed by atoms with Gasteiger partial charge in [0.2, 0.25) is 0 Å². The van der Waals surface area contributed by atoms with Crippen LogP contribution in [0.3, 0.4) is 0 Å². The van der Waals surface area contributed by atoms with E-state index in [1.165, 1.54) is 52.4 Å². The number of rotatable bonds is 2. The molecule has 1 nitrogen and oxygen atoms in total. The van der Waals surface area contributed by atoms with E-state index >= 15 is 0 Å². The van der Waals surface area contributed by atoms with Crippen molar-refractivity contribution >= 4 is 44.5 Å². The van der Waals surface area contributed by atoms with Gasteiger partial charge in [0, 0.05) is 41.3 Å². The first-order valence-electron chi connectivity index (χ1n) is 8.36. The Hall–Kier alpha value is -2.36. The fourth-order valence-electron chi connectivity index (χ4n) is 3.40. The van der Waals surface area contributed by atoms with E-state index in [1.54, 1.807) is 0 Å². The smallest absolute Gasteiger partial charge is 0.0471 e. The van der Waals surface area contributed by atoms with Gasteiger partial charge in [0.1, 0.15) is 0 Å². The van der Waals surface area contributed by atoms with Crippen molar-refractivity contribution in [2.75, 3.05) is 0 Å². The molecule has 0 saturated carbocycles. The van der Waals surface area contributed by atoms with E-state index in [1.807, 2.05) is 22.7 Å². The van der Waals surface area contributed by atoms with Crippen molar-refractivity contribution in [3.63, 3.8) is 0 Å². The highest BCUT2D eigenvalue weighted by atomic mass is 32.1. The molecule has 1 N–H and O–H groups in total. The standard InChI is InChI=1S/C22H17NS2/c1-13-3-9-21(24-13)15-5-7-17-18-8-6-16(22-10-4-14(2)25-22)12-20(18)23-19(17)11-15/h3-12,23H,1-2H3. The third-order valence-corrected chi connectivity index (χ3v) is 6.75. The molecule has 0 bridgehead atoms. The number of aromatic amines is 1. The first-order chi connectivity index (χ1) is 12.2. The molecule has 0 saturated heterocycles. The number of nitrogens with one attached hydrogen (secondary N) is 1. The predicted octanol–water partition coefficient (Wildman–Crippen LogP) is 7.39. The molecule has 3 heterocycles. The van der Waals surface area contributed by atoms with E-state index in [2.05, 4.69) is 79.5 Å². The van der Waals surface area contributed by atoms with E-state index in [-0.39, 0.29) is 0 Å². The number of hydrogen-bond acceptors (Lipinski definition) is 2. The van der Waals surface area contributed by atoms with Crippen LogP contribution in [-0.4, -0.2) is 4.98 Å². The zero-order valence-electron chi connectivity index (χ0n) is 14.1. The van der Waals surface area contributed by atoms with Crippen LogP contribution in [0.2, 0.25) is 0 Å². The largest absolute Gasteiger partial charge is 0.354 e. The zero-order valence-corrected chi connectivity index (χ0v) is 15.7. The van der Waals surface area contributed by atoms with Gasteiger partial charge in [-0.1, -0.05) is 24.3 Å². The maximum absolute atomic E-state index is 3.62. The van der Waals surface area contributed by atoms with Gasteiger partial charge >= 0.3 is 0 Å². The summed E-state index contributed by atoms with van der Waals surface area (Å²) in [6, 6.07) is 22.3. The summed E-state index contributed by atoms with van der Waals surface area (Å²) in [7, 11) is 0. The second kappa shape index (κ2) is 5.58. The van der Waals surface area contributed by atoms with Gasteiger partial charge in [-0.15, -0.1) is 22.7 Å². The highest BCUT2D eigenvalue weighted by Crippen LogP contribution is 2.35. The number of aryl methyl sites for hydroxylation is 2. The van der Waals surface area contributed by atoms with Crippen molar-refractivity contribution in [2.45, 2.75) is 13.8 Å². The van der Waals surface area contributed by atoms with Crippen molar-refractivity contribution in [2.24, 2.45) is 0 Å². The van der Waals surface area contributed by atoms with Gasteiger partial charge in [0.05, 0.1) is 0 Å². The number of benzene rings is 2. The number of thiophene rings is 2. The molecule has 122 valence electrons. The summed E-state index contributed by atoms with van der Waals surface area (Å²) >= 11 is 3.69. The first-order valence-corrected chi connectivity index (χ1v) is 10.00. The molecule has 0 amide bonds. The van der Waals surface area contributed by atoms with Crippen LogP contribution in [0.25, 0.3) is 42.7 Å². The summed E-state index contributed by atoms with van der Waals surface area (Å²) in [5, 5.41) is 2.59. The topological polar surface area (TPSA) is 15.8 Å². The Balaban J connectivity index is 1.66. The third-order valence-electron chi connectivity index (χ3n) is 4.65. The van der Waals surface area contributed by atoms with Crippen LogP contribution in [0.1, 0.15) is 9.75 Å². The molecule has 0 aliphatic carbocycles. The third kappa shape index (κ3) is 2.51. The predicted molar refractivity (Wildman–Crippen MR) is 112 cm³/mol. The second-order valence-corrected chi connectivity index (χ2v) is 9.04. The molecule has 25 heavy (non-hydrogen) atoms. The summed E-state index contributed by atoms with van der Waals surface area (Å²) in [5.41, 5.74) is 4.98. The number of H-pyrrole nitrogens is 1. The van der Waals surface area contributed by atoms with Crippen molar-refractivity contribution in [3.05, 3.63) is 70.4 Å². The lowest BCUT2D eigenvalue weighted by molar-refractivity contribution is 1.55. The minimum atomic E-state index is 1.21. The molecule has 0 atom stereocenters. The van der Waals surface area contributed by atoms with E-state index in [4.69, 9.17) is 0 Å². The second-order valence-electron chi connectivity index (χ2n) is 6.47. The molecule has 5 rings (SSSR count). The lowest BCUT2D eigenvalue weighted by atomic mass is 10.1. The van der Waals surface area contributed by atoms with Gasteiger partial charge < -0.3 is 4.98 Å².